The Morgan fingerprint density at radius 2 is 2.14 bits per heavy atom. The number of nitrogens with two attached hydrogens (primary N) is 1. The van der Waals surface area contributed by atoms with Crippen molar-refractivity contribution in [2.75, 3.05) is 7.11 Å². The molecule has 0 amide bonds. The Morgan fingerprint density at radius 1 is 1.50 bits per heavy atom. The molecule has 0 radical (unpaired) electrons. The molecule has 0 aromatic heterocycles. The zero-order valence-electron chi connectivity index (χ0n) is 8.20. The minimum Gasteiger partial charge on any atom is -0.495 e. The molecule has 1 aromatic carbocycles. The van der Waals surface area contributed by atoms with Crippen LogP contribution in [-0.2, 0) is 0 Å². The quantitative estimate of drug-likeness (QED) is 0.871. The topological polar surface area (TPSA) is 55.5 Å². The highest BCUT2D eigenvalue weighted by Gasteiger charge is 2.17. The fourth-order valence-corrected chi connectivity index (χ4v) is 1.81. The van der Waals surface area contributed by atoms with Crippen LogP contribution in [-0.4, -0.2) is 18.3 Å². The van der Waals surface area contributed by atoms with Gasteiger partial charge in [-0.2, -0.15) is 0 Å². The Morgan fingerprint density at radius 3 is 2.64 bits per heavy atom. The van der Waals surface area contributed by atoms with E-state index in [1.54, 1.807) is 14.0 Å². The summed E-state index contributed by atoms with van der Waals surface area (Å²) >= 11 is 3.36. The fraction of sp³-hybridized carbons (Fsp3) is 0.400. The summed E-state index contributed by atoms with van der Waals surface area (Å²) in [6, 6.07) is 5.16. The van der Waals surface area contributed by atoms with Crippen LogP contribution < -0.4 is 10.5 Å². The third-order valence-electron chi connectivity index (χ3n) is 2.08. The van der Waals surface area contributed by atoms with E-state index in [0.29, 0.717) is 5.75 Å². The van der Waals surface area contributed by atoms with Crippen molar-refractivity contribution < 1.29 is 9.84 Å². The monoisotopic (exact) mass is 259 g/mol. The molecule has 1 aromatic rings. The Hall–Kier alpha value is -0.580. The summed E-state index contributed by atoms with van der Waals surface area (Å²) in [4.78, 5) is 0. The number of hydrogen-bond donors (Lipinski definition) is 2. The molecular formula is C10H14BrNO2. The number of halogens is 1. The maximum Gasteiger partial charge on any atom is 0.137 e. The second-order valence-corrected chi connectivity index (χ2v) is 3.98. The van der Waals surface area contributed by atoms with Crippen LogP contribution in [0.3, 0.4) is 0 Å². The molecule has 0 aliphatic carbocycles. The highest BCUT2D eigenvalue weighted by atomic mass is 79.9. The number of ether oxygens (including phenoxy) is 1. The van der Waals surface area contributed by atoms with Crippen molar-refractivity contribution in [2.24, 2.45) is 5.73 Å². The molecule has 0 saturated heterocycles. The number of hydrogen-bond acceptors (Lipinski definition) is 3. The standard InChI is InChI=1S/C10H14BrNO2/c1-6(13)9(12)7-4-3-5-8(11)10(7)14-2/h3-6,9,13H,12H2,1-2H3/t6-,9+/m0/s1. The lowest BCUT2D eigenvalue weighted by Gasteiger charge is -2.18. The van der Waals surface area contributed by atoms with Crippen LogP contribution in [0.15, 0.2) is 22.7 Å². The van der Waals surface area contributed by atoms with Crippen molar-refractivity contribution in [1.29, 1.82) is 0 Å². The largest absolute Gasteiger partial charge is 0.495 e. The van der Waals surface area contributed by atoms with Crippen molar-refractivity contribution in [2.45, 2.75) is 19.1 Å². The van der Waals surface area contributed by atoms with Gasteiger partial charge in [-0.25, -0.2) is 0 Å². The summed E-state index contributed by atoms with van der Waals surface area (Å²) in [5, 5.41) is 9.39. The molecule has 14 heavy (non-hydrogen) atoms. The van der Waals surface area contributed by atoms with Gasteiger partial charge in [-0.1, -0.05) is 12.1 Å². The minimum absolute atomic E-state index is 0.428. The van der Waals surface area contributed by atoms with E-state index < -0.39 is 12.1 Å². The SMILES string of the molecule is COc1c(Br)cccc1[C@H](N)[C@H](C)O. The number of rotatable bonds is 3. The van der Waals surface area contributed by atoms with Crippen LogP contribution in [0.4, 0.5) is 0 Å². The number of aliphatic hydroxyl groups excluding tert-OH is 1. The van der Waals surface area contributed by atoms with E-state index in [2.05, 4.69) is 15.9 Å². The Bertz CT molecular complexity index is 315. The highest BCUT2D eigenvalue weighted by molar-refractivity contribution is 9.10. The average Bonchev–Trinajstić information content (AvgIpc) is 2.16. The van der Waals surface area contributed by atoms with Gasteiger partial charge >= 0.3 is 0 Å². The van der Waals surface area contributed by atoms with Crippen molar-refractivity contribution in [3.05, 3.63) is 28.2 Å². The normalized spacial score (nSPS) is 14.9. The molecule has 3 nitrogen and oxygen atoms in total. The van der Waals surface area contributed by atoms with Gasteiger partial charge in [0.25, 0.3) is 0 Å². The number of para-hydroxylation sites is 1. The van der Waals surface area contributed by atoms with Crippen molar-refractivity contribution >= 4 is 15.9 Å². The van der Waals surface area contributed by atoms with Gasteiger partial charge in [0, 0.05) is 5.56 Å². The van der Waals surface area contributed by atoms with Crippen LogP contribution in [0.2, 0.25) is 0 Å². The summed E-state index contributed by atoms with van der Waals surface area (Å²) in [6.07, 6.45) is -0.599. The molecule has 3 N–H and O–H groups in total. The predicted octanol–water partition coefficient (Wildman–Crippen LogP) is 1.84. The van der Waals surface area contributed by atoms with Gasteiger partial charge < -0.3 is 15.6 Å². The zero-order chi connectivity index (χ0) is 10.7. The summed E-state index contributed by atoms with van der Waals surface area (Å²) in [5.41, 5.74) is 6.63. The van der Waals surface area contributed by atoms with E-state index in [0.717, 1.165) is 10.0 Å². The van der Waals surface area contributed by atoms with Gasteiger partial charge in [0.15, 0.2) is 0 Å². The van der Waals surface area contributed by atoms with Crippen LogP contribution in [0.1, 0.15) is 18.5 Å². The molecule has 78 valence electrons. The van der Waals surface area contributed by atoms with E-state index in [9.17, 15) is 5.11 Å². The molecule has 0 aliphatic rings. The van der Waals surface area contributed by atoms with E-state index >= 15 is 0 Å². The van der Waals surface area contributed by atoms with Crippen LogP contribution in [0, 0.1) is 0 Å². The van der Waals surface area contributed by atoms with Crippen molar-refractivity contribution in [1.82, 2.24) is 0 Å². The Labute approximate surface area is 92.0 Å². The number of benzene rings is 1. The van der Waals surface area contributed by atoms with Crippen molar-refractivity contribution in [3.63, 3.8) is 0 Å². The highest BCUT2D eigenvalue weighted by Crippen LogP contribution is 2.32. The number of aliphatic hydroxyl groups is 1. The van der Waals surface area contributed by atoms with Crippen LogP contribution in [0.5, 0.6) is 5.75 Å². The molecule has 0 bridgehead atoms. The lowest BCUT2D eigenvalue weighted by Crippen LogP contribution is -2.23. The van der Waals surface area contributed by atoms with Gasteiger partial charge in [0.1, 0.15) is 5.75 Å². The molecular weight excluding hydrogens is 246 g/mol. The first kappa shape index (κ1) is 11.5. The summed E-state index contributed by atoms with van der Waals surface area (Å²) in [6.45, 7) is 1.66. The van der Waals surface area contributed by atoms with E-state index in [1.165, 1.54) is 0 Å². The summed E-state index contributed by atoms with van der Waals surface area (Å²) < 4.78 is 6.05. The fourth-order valence-electron chi connectivity index (χ4n) is 1.26. The average molecular weight is 260 g/mol. The maximum atomic E-state index is 9.39. The molecule has 0 unspecified atom stereocenters. The molecule has 0 aliphatic heterocycles. The Kier molecular flexibility index (Phi) is 3.92. The third-order valence-corrected chi connectivity index (χ3v) is 2.70. The molecule has 1 rings (SSSR count). The number of methoxy groups -OCH3 is 1. The smallest absolute Gasteiger partial charge is 0.137 e. The van der Waals surface area contributed by atoms with Gasteiger partial charge in [0.2, 0.25) is 0 Å². The summed E-state index contributed by atoms with van der Waals surface area (Å²) in [7, 11) is 1.58. The predicted molar refractivity (Wildman–Crippen MR) is 59.3 cm³/mol. The first-order chi connectivity index (χ1) is 6.57. The van der Waals surface area contributed by atoms with Crippen molar-refractivity contribution in [3.8, 4) is 5.75 Å². The second kappa shape index (κ2) is 4.77. The molecule has 0 fully saturated rings. The second-order valence-electron chi connectivity index (χ2n) is 3.13. The van der Waals surface area contributed by atoms with Gasteiger partial charge in [-0.15, -0.1) is 0 Å². The molecule has 0 spiro atoms. The molecule has 4 heteroatoms. The van der Waals surface area contributed by atoms with Crippen LogP contribution in [0.25, 0.3) is 0 Å². The van der Waals surface area contributed by atoms with E-state index in [4.69, 9.17) is 10.5 Å². The molecule has 0 saturated carbocycles. The molecule has 2 atom stereocenters. The third kappa shape index (κ3) is 2.26. The van der Waals surface area contributed by atoms with E-state index in [-0.39, 0.29) is 0 Å². The van der Waals surface area contributed by atoms with Gasteiger partial charge in [-0.05, 0) is 28.9 Å². The lowest BCUT2D eigenvalue weighted by molar-refractivity contribution is 0.162. The first-order valence-corrected chi connectivity index (χ1v) is 5.13. The molecule has 0 heterocycles. The van der Waals surface area contributed by atoms with Gasteiger partial charge in [0.05, 0.1) is 23.7 Å². The van der Waals surface area contributed by atoms with Crippen LogP contribution >= 0.6 is 15.9 Å². The minimum atomic E-state index is -0.599. The summed E-state index contributed by atoms with van der Waals surface area (Å²) in [5.74, 6) is 0.681. The van der Waals surface area contributed by atoms with Gasteiger partial charge in [-0.3, -0.25) is 0 Å². The first-order valence-electron chi connectivity index (χ1n) is 4.34. The lowest BCUT2D eigenvalue weighted by atomic mass is 10.0. The Balaban J connectivity index is 3.13. The maximum absolute atomic E-state index is 9.39. The zero-order valence-corrected chi connectivity index (χ0v) is 9.78. The van der Waals surface area contributed by atoms with E-state index in [1.807, 2.05) is 18.2 Å².